The van der Waals surface area contributed by atoms with Crippen LogP contribution >= 0.6 is 0 Å². The van der Waals surface area contributed by atoms with Crippen LogP contribution in [0.4, 0.5) is 21.9 Å². The zero-order valence-corrected chi connectivity index (χ0v) is 13.5. The number of nitriles is 1. The number of nitrogens with zero attached hydrogens (tertiary/aromatic N) is 1. The van der Waals surface area contributed by atoms with Gasteiger partial charge in [-0.2, -0.15) is 5.26 Å². The van der Waals surface area contributed by atoms with Crippen LogP contribution in [0.1, 0.15) is 12.5 Å². The van der Waals surface area contributed by atoms with Gasteiger partial charge in [-0.3, -0.25) is 4.79 Å². The Balaban J connectivity index is 2.01. The Morgan fingerprint density at radius 2 is 1.68 bits per heavy atom. The van der Waals surface area contributed by atoms with Crippen molar-refractivity contribution in [2.45, 2.75) is 6.92 Å². The number of carbonyl (C=O) groups excluding carboxylic acids is 2. The monoisotopic (exact) mass is 336 g/mol. The van der Waals surface area contributed by atoms with Crippen molar-refractivity contribution in [2.24, 2.45) is 0 Å². The van der Waals surface area contributed by atoms with Crippen molar-refractivity contribution in [3.63, 3.8) is 0 Å². The van der Waals surface area contributed by atoms with Crippen molar-refractivity contribution in [3.8, 4) is 11.8 Å². The highest BCUT2D eigenvalue weighted by Crippen LogP contribution is 2.27. The average molecular weight is 336 g/mol. The second-order valence-electron chi connectivity index (χ2n) is 5.23. The highest BCUT2D eigenvalue weighted by molar-refractivity contribution is 6.04. The third-order valence-corrected chi connectivity index (χ3v) is 3.16. The molecule has 0 heterocycles. The van der Waals surface area contributed by atoms with Crippen LogP contribution in [0.15, 0.2) is 54.6 Å². The lowest BCUT2D eigenvalue weighted by Crippen LogP contribution is -2.19. The Morgan fingerprint density at radius 3 is 2.24 bits per heavy atom. The van der Waals surface area contributed by atoms with E-state index in [1.807, 2.05) is 6.07 Å². The molecule has 0 aliphatic heterocycles. The molecule has 3 amide bonds. The first-order chi connectivity index (χ1) is 11.9. The van der Waals surface area contributed by atoms with Gasteiger partial charge in [-0.1, -0.05) is 6.58 Å². The zero-order chi connectivity index (χ0) is 18.4. The van der Waals surface area contributed by atoms with Gasteiger partial charge >= 0.3 is 6.03 Å². The van der Waals surface area contributed by atoms with Crippen LogP contribution in [0.5, 0.6) is 5.75 Å². The minimum absolute atomic E-state index is 0.180. The summed E-state index contributed by atoms with van der Waals surface area (Å²) >= 11 is 0. The zero-order valence-electron chi connectivity index (χ0n) is 13.5. The fraction of sp³-hybridized carbons (Fsp3) is 0.0556. The maximum absolute atomic E-state index is 12.0. The van der Waals surface area contributed by atoms with Gasteiger partial charge < -0.3 is 21.1 Å². The highest BCUT2D eigenvalue weighted by atomic mass is 16.3. The van der Waals surface area contributed by atoms with E-state index in [0.717, 1.165) is 0 Å². The van der Waals surface area contributed by atoms with Crippen molar-refractivity contribution < 1.29 is 14.7 Å². The molecule has 0 unspecified atom stereocenters. The number of nitrogens with one attached hydrogen (secondary N) is 3. The van der Waals surface area contributed by atoms with Crippen LogP contribution in [0.3, 0.4) is 0 Å². The molecule has 0 aliphatic carbocycles. The quantitative estimate of drug-likeness (QED) is 0.506. The molecule has 4 N–H and O–H groups in total. The third kappa shape index (κ3) is 4.84. The van der Waals surface area contributed by atoms with Gasteiger partial charge in [-0.15, -0.1) is 0 Å². The predicted molar refractivity (Wildman–Crippen MR) is 95.3 cm³/mol. The van der Waals surface area contributed by atoms with Crippen LogP contribution in [-0.4, -0.2) is 17.0 Å². The van der Waals surface area contributed by atoms with E-state index in [4.69, 9.17) is 5.26 Å². The highest BCUT2D eigenvalue weighted by Gasteiger charge is 2.09. The summed E-state index contributed by atoms with van der Waals surface area (Å²) in [5.74, 6) is -0.562. The second-order valence-corrected chi connectivity index (χ2v) is 5.23. The number of benzene rings is 2. The lowest BCUT2D eigenvalue weighted by Gasteiger charge is -2.11. The molecule has 0 saturated heterocycles. The van der Waals surface area contributed by atoms with Gasteiger partial charge in [0.25, 0.3) is 5.91 Å². The topological polar surface area (TPSA) is 114 Å². The van der Waals surface area contributed by atoms with E-state index in [9.17, 15) is 14.7 Å². The summed E-state index contributed by atoms with van der Waals surface area (Å²) in [4.78, 5) is 23.5. The number of urea groups is 1. The number of phenols is 1. The van der Waals surface area contributed by atoms with Gasteiger partial charge in [0.15, 0.2) is 0 Å². The van der Waals surface area contributed by atoms with E-state index in [1.54, 1.807) is 31.2 Å². The standard InChI is InChI=1S/C18H16N4O3/c1-11(2)17(24)20-14-7-8-15(16(23)9-14)22-18(25)21-13-5-3-12(10-19)4-6-13/h3-9,23H,1H2,2H3,(H,20,24)(H2,21,22,25). The average Bonchev–Trinajstić information content (AvgIpc) is 2.58. The Morgan fingerprint density at radius 1 is 1.04 bits per heavy atom. The lowest BCUT2D eigenvalue weighted by molar-refractivity contribution is -0.112. The summed E-state index contributed by atoms with van der Waals surface area (Å²) in [5, 5.41) is 26.3. The number of carbonyl (C=O) groups is 2. The van der Waals surface area contributed by atoms with Crippen molar-refractivity contribution in [1.82, 2.24) is 0 Å². The maximum Gasteiger partial charge on any atom is 0.323 e. The van der Waals surface area contributed by atoms with Crippen molar-refractivity contribution in [3.05, 3.63) is 60.2 Å². The first-order valence-corrected chi connectivity index (χ1v) is 7.27. The van der Waals surface area contributed by atoms with Crippen LogP contribution < -0.4 is 16.0 Å². The molecule has 126 valence electrons. The smallest absolute Gasteiger partial charge is 0.323 e. The van der Waals surface area contributed by atoms with Crippen LogP contribution in [0.25, 0.3) is 0 Å². The number of hydrogen-bond acceptors (Lipinski definition) is 4. The molecule has 2 aromatic rings. The van der Waals surface area contributed by atoms with E-state index in [2.05, 4.69) is 22.5 Å². The number of phenolic OH excluding ortho intramolecular Hbond substituents is 1. The Kier molecular flexibility index (Phi) is 5.38. The molecule has 0 spiro atoms. The van der Waals surface area contributed by atoms with Gasteiger partial charge in [0.2, 0.25) is 0 Å². The fourth-order valence-electron chi connectivity index (χ4n) is 1.87. The van der Waals surface area contributed by atoms with Crippen molar-refractivity contribution >= 4 is 29.0 Å². The SMILES string of the molecule is C=C(C)C(=O)Nc1ccc(NC(=O)Nc2ccc(C#N)cc2)c(O)c1. The summed E-state index contributed by atoms with van der Waals surface area (Å²) in [6.07, 6.45) is 0. The number of anilines is 3. The molecule has 0 aliphatic rings. The minimum Gasteiger partial charge on any atom is -0.506 e. The molecule has 2 rings (SSSR count). The summed E-state index contributed by atoms with van der Waals surface area (Å²) in [5.41, 5.74) is 1.88. The normalized spacial score (nSPS) is 9.60. The van der Waals surface area contributed by atoms with E-state index in [-0.39, 0.29) is 17.3 Å². The molecule has 0 atom stereocenters. The Bertz CT molecular complexity index is 867. The first kappa shape index (κ1) is 17.6. The molecule has 2 aromatic carbocycles. The van der Waals surface area contributed by atoms with Crippen LogP contribution in [-0.2, 0) is 4.79 Å². The lowest BCUT2D eigenvalue weighted by atomic mass is 10.2. The second kappa shape index (κ2) is 7.66. The number of hydrogen-bond donors (Lipinski definition) is 4. The molecular weight excluding hydrogens is 320 g/mol. The molecular formula is C18H16N4O3. The molecule has 7 heteroatoms. The van der Waals surface area contributed by atoms with Gasteiger partial charge in [0, 0.05) is 23.0 Å². The van der Waals surface area contributed by atoms with Crippen molar-refractivity contribution in [1.29, 1.82) is 5.26 Å². The summed E-state index contributed by atoms with van der Waals surface area (Å²) in [7, 11) is 0. The minimum atomic E-state index is -0.557. The fourth-order valence-corrected chi connectivity index (χ4v) is 1.87. The summed E-state index contributed by atoms with van der Waals surface area (Å²) < 4.78 is 0. The molecule has 0 saturated carbocycles. The van der Waals surface area contributed by atoms with E-state index in [0.29, 0.717) is 22.5 Å². The van der Waals surface area contributed by atoms with Gasteiger partial charge in [0.1, 0.15) is 5.75 Å². The Hall–Kier alpha value is -3.79. The third-order valence-electron chi connectivity index (χ3n) is 3.16. The van der Waals surface area contributed by atoms with E-state index in [1.165, 1.54) is 18.2 Å². The van der Waals surface area contributed by atoms with E-state index >= 15 is 0 Å². The van der Waals surface area contributed by atoms with Gasteiger partial charge in [-0.25, -0.2) is 4.79 Å². The van der Waals surface area contributed by atoms with Crippen molar-refractivity contribution in [2.75, 3.05) is 16.0 Å². The first-order valence-electron chi connectivity index (χ1n) is 7.27. The van der Waals surface area contributed by atoms with Gasteiger partial charge in [0.05, 0.1) is 17.3 Å². The van der Waals surface area contributed by atoms with Crippen LogP contribution in [0.2, 0.25) is 0 Å². The van der Waals surface area contributed by atoms with Gasteiger partial charge in [-0.05, 0) is 43.3 Å². The molecule has 0 bridgehead atoms. The summed E-state index contributed by atoms with van der Waals surface area (Å²) in [6.45, 7) is 5.09. The largest absolute Gasteiger partial charge is 0.506 e. The maximum atomic E-state index is 12.0. The van der Waals surface area contributed by atoms with E-state index < -0.39 is 6.03 Å². The summed E-state index contributed by atoms with van der Waals surface area (Å²) in [6, 6.07) is 12.1. The number of rotatable bonds is 4. The molecule has 7 nitrogen and oxygen atoms in total. The number of amides is 3. The van der Waals surface area contributed by atoms with Crippen LogP contribution in [0, 0.1) is 11.3 Å². The predicted octanol–water partition coefficient (Wildman–Crippen LogP) is 3.42. The molecule has 0 fully saturated rings. The number of aromatic hydroxyl groups is 1. The molecule has 25 heavy (non-hydrogen) atoms. The molecule has 0 radical (unpaired) electrons. The molecule has 0 aromatic heterocycles. The Labute approximate surface area is 144 Å².